The van der Waals surface area contributed by atoms with Crippen molar-refractivity contribution in [2.75, 3.05) is 39.3 Å². The second-order valence-electron chi connectivity index (χ2n) is 16.2. The number of nitrogens with zero attached hydrogens (tertiary/aromatic N) is 2. The maximum absolute atomic E-state index is 13.1. The molecule has 0 heterocycles. The van der Waals surface area contributed by atoms with Crippen molar-refractivity contribution in [2.45, 2.75) is 195 Å². The number of ether oxygens (including phenoxy) is 2. The third-order valence-corrected chi connectivity index (χ3v) is 11.2. The minimum atomic E-state index is -0.146. The minimum absolute atomic E-state index is 0.146. The fourth-order valence-electron chi connectivity index (χ4n) is 7.56. The summed E-state index contributed by atoms with van der Waals surface area (Å²) in [6.07, 6.45) is 28.9. The van der Waals surface area contributed by atoms with Crippen molar-refractivity contribution in [3.63, 3.8) is 0 Å². The van der Waals surface area contributed by atoms with Gasteiger partial charge in [-0.15, -0.1) is 0 Å². The van der Waals surface area contributed by atoms with Gasteiger partial charge in [0.1, 0.15) is 13.2 Å². The highest BCUT2D eigenvalue weighted by Crippen LogP contribution is 2.28. The summed E-state index contributed by atoms with van der Waals surface area (Å²) in [5.74, 6) is -0.292. The van der Waals surface area contributed by atoms with E-state index >= 15 is 0 Å². The lowest BCUT2D eigenvalue weighted by atomic mass is 9.96. The smallest absolute Gasteiger partial charge is 0.307 e. The molecule has 2 aromatic carbocycles. The van der Waals surface area contributed by atoms with Gasteiger partial charge in [-0.25, -0.2) is 0 Å². The molecule has 0 aliphatic heterocycles. The molecule has 0 radical (unpaired) electrons. The van der Waals surface area contributed by atoms with E-state index in [1.54, 1.807) is 0 Å². The van der Waals surface area contributed by atoms with Gasteiger partial charge in [-0.2, -0.15) is 0 Å². The van der Waals surface area contributed by atoms with Gasteiger partial charge in [0.25, 0.3) is 0 Å². The summed E-state index contributed by atoms with van der Waals surface area (Å²) >= 11 is 0. The number of carbonyl (C=O) groups is 2. The number of esters is 2. The molecule has 0 spiro atoms. The number of rotatable bonds is 37. The normalized spacial score (nSPS) is 11.5. The van der Waals surface area contributed by atoms with Crippen LogP contribution in [-0.4, -0.2) is 61.0 Å². The molecule has 0 aliphatic carbocycles. The maximum atomic E-state index is 13.1. The molecule has 0 atom stereocenters. The minimum Gasteiger partial charge on any atom is -0.461 e. The fraction of sp³-hybridized carbons (Fsp3) is 0.720. The molecule has 56 heavy (non-hydrogen) atoms. The van der Waals surface area contributed by atoms with E-state index in [2.05, 4.69) is 49.6 Å². The molecule has 6 heteroatoms. The zero-order chi connectivity index (χ0) is 40.3. The Balaban J connectivity index is 1.92. The molecule has 0 bridgehead atoms. The van der Waals surface area contributed by atoms with E-state index in [-0.39, 0.29) is 25.2 Å². The molecule has 0 fully saturated rings. The van der Waals surface area contributed by atoms with Crippen LogP contribution in [0.5, 0.6) is 0 Å². The van der Waals surface area contributed by atoms with Gasteiger partial charge in [0.2, 0.25) is 0 Å². The lowest BCUT2D eigenvalue weighted by Gasteiger charge is -2.22. The Kier molecular flexibility index (Phi) is 30.3. The Morgan fingerprint density at radius 1 is 0.393 bits per heavy atom. The van der Waals surface area contributed by atoms with Gasteiger partial charge in [-0.3, -0.25) is 9.59 Å². The van der Waals surface area contributed by atoms with E-state index in [1.807, 2.05) is 36.4 Å². The van der Waals surface area contributed by atoms with Gasteiger partial charge >= 0.3 is 11.9 Å². The summed E-state index contributed by atoms with van der Waals surface area (Å²) in [7, 11) is 0. The largest absolute Gasteiger partial charge is 0.461 e. The number of hydrogen-bond acceptors (Lipinski definition) is 6. The summed E-state index contributed by atoms with van der Waals surface area (Å²) in [6, 6.07) is 16.3. The van der Waals surface area contributed by atoms with Crippen molar-refractivity contribution in [1.29, 1.82) is 0 Å². The van der Waals surface area contributed by atoms with Crippen molar-refractivity contribution >= 4 is 11.9 Å². The average Bonchev–Trinajstić information content (AvgIpc) is 3.22. The summed E-state index contributed by atoms with van der Waals surface area (Å²) in [6.45, 7) is 15.3. The first-order chi connectivity index (χ1) is 27.5. The third-order valence-electron chi connectivity index (χ3n) is 11.2. The molecule has 2 rings (SSSR count). The molecule has 318 valence electrons. The molecular weight excluding hydrogens is 693 g/mol. The van der Waals surface area contributed by atoms with Crippen LogP contribution in [0.2, 0.25) is 0 Å². The summed E-state index contributed by atoms with van der Waals surface area (Å²) in [5.41, 5.74) is 3.95. The number of carbonyl (C=O) groups excluding carboxylic acids is 2. The van der Waals surface area contributed by atoms with Crippen molar-refractivity contribution in [3.05, 3.63) is 59.7 Å². The first kappa shape index (κ1) is 49.4. The van der Waals surface area contributed by atoms with Gasteiger partial charge in [0.15, 0.2) is 0 Å². The molecule has 2 aromatic rings. The third kappa shape index (κ3) is 24.2. The first-order valence-electron chi connectivity index (χ1n) is 23.4. The molecule has 0 unspecified atom stereocenters. The highest BCUT2D eigenvalue weighted by molar-refractivity contribution is 5.73. The van der Waals surface area contributed by atoms with Gasteiger partial charge < -0.3 is 19.3 Å². The second-order valence-corrected chi connectivity index (χ2v) is 16.2. The van der Waals surface area contributed by atoms with Crippen molar-refractivity contribution < 1.29 is 19.1 Å². The van der Waals surface area contributed by atoms with Crippen LogP contribution in [0.25, 0.3) is 11.1 Å². The van der Waals surface area contributed by atoms with Crippen LogP contribution >= 0.6 is 0 Å². The van der Waals surface area contributed by atoms with E-state index in [4.69, 9.17) is 9.47 Å². The SMILES string of the molecule is CCCCCCCCN(CCCCCCC)CCC(=O)OCc1ccccc1-c1ccccc1COC(=O)CCN(CCCCCCC)CCCCCCCC. The van der Waals surface area contributed by atoms with E-state index in [0.717, 1.165) is 61.5 Å². The van der Waals surface area contributed by atoms with Gasteiger partial charge in [0.05, 0.1) is 12.8 Å². The number of benzene rings is 2. The Morgan fingerprint density at radius 3 is 1.00 bits per heavy atom. The second kappa shape index (κ2) is 34.4. The zero-order valence-corrected chi connectivity index (χ0v) is 36.8. The van der Waals surface area contributed by atoms with Crippen LogP contribution in [0.3, 0.4) is 0 Å². The lowest BCUT2D eigenvalue weighted by molar-refractivity contribution is -0.146. The highest BCUT2D eigenvalue weighted by atomic mass is 16.5. The summed E-state index contributed by atoms with van der Waals surface area (Å²) < 4.78 is 11.8. The summed E-state index contributed by atoms with van der Waals surface area (Å²) in [5, 5.41) is 0. The van der Waals surface area contributed by atoms with E-state index < -0.39 is 0 Å². The van der Waals surface area contributed by atoms with E-state index in [1.165, 1.54) is 141 Å². The van der Waals surface area contributed by atoms with Gasteiger partial charge in [-0.1, -0.05) is 192 Å². The van der Waals surface area contributed by atoms with E-state index in [0.29, 0.717) is 12.8 Å². The predicted octanol–water partition coefficient (Wildman–Crippen LogP) is 13.5. The molecule has 0 aromatic heterocycles. The van der Waals surface area contributed by atoms with Gasteiger partial charge in [-0.05, 0) is 74.1 Å². The maximum Gasteiger partial charge on any atom is 0.307 e. The monoisotopic (exact) mass is 777 g/mol. The molecule has 0 amide bonds. The van der Waals surface area contributed by atoms with Crippen molar-refractivity contribution in [1.82, 2.24) is 9.80 Å². The molecule has 0 aliphatic rings. The molecule has 0 saturated carbocycles. The first-order valence-corrected chi connectivity index (χ1v) is 23.4. The molecule has 0 N–H and O–H groups in total. The molecular formula is C50H84N2O4. The van der Waals surface area contributed by atoms with Crippen LogP contribution in [-0.2, 0) is 32.3 Å². The lowest BCUT2D eigenvalue weighted by Crippen LogP contribution is -2.29. The van der Waals surface area contributed by atoms with Crippen LogP contribution < -0.4 is 0 Å². The highest BCUT2D eigenvalue weighted by Gasteiger charge is 2.15. The summed E-state index contributed by atoms with van der Waals surface area (Å²) in [4.78, 5) is 31.1. The zero-order valence-electron chi connectivity index (χ0n) is 36.8. The fourth-order valence-corrected chi connectivity index (χ4v) is 7.56. The average molecular weight is 777 g/mol. The Bertz CT molecular complexity index is 1150. The standard InChI is InChI=1S/C50H84N2O4/c1-5-9-13-17-21-29-39-51(37-27-19-15-11-7-3)41-35-49(53)55-43-45-31-23-25-33-47(45)48-34-26-24-32-46(48)44-56-50(54)36-42-52(38-28-20-16-12-8-4)40-30-22-18-14-10-6-2/h23-26,31-34H,5-22,27-30,35-44H2,1-4H3. The Hall–Kier alpha value is -2.70. The molecule has 0 saturated heterocycles. The van der Waals surface area contributed by atoms with Gasteiger partial charge in [0, 0.05) is 13.1 Å². The Labute approximate surface area is 344 Å². The predicted molar refractivity (Wildman–Crippen MR) is 238 cm³/mol. The van der Waals surface area contributed by atoms with E-state index in [9.17, 15) is 9.59 Å². The van der Waals surface area contributed by atoms with Crippen LogP contribution in [0, 0.1) is 0 Å². The molecule has 6 nitrogen and oxygen atoms in total. The van der Waals surface area contributed by atoms with Crippen LogP contribution in [0.4, 0.5) is 0 Å². The number of hydrogen-bond donors (Lipinski definition) is 0. The topological polar surface area (TPSA) is 59.1 Å². The van der Waals surface area contributed by atoms with Crippen molar-refractivity contribution in [3.8, 4) is 11.1 Å². The van der Waals surface area contributed by atoms with Crippen LogP contribution in [0.15, 0.2) is 48.5 Å². The Morgan fingerprint density at radius 2 is 0.679 bits per heavy atom. The quantitative estimate of drug-likeness (QED) is 0.0503. The van der Waals surface area contributed by atoms with Crippen molar-refractivity contribution in [2.24, 2.45) is 0 Å². The number of unbranched alkanes of at least 4 members (excludes halogenated alkanes) is 18. The van der Waals surface area contributed by atoms with Crippen LogP contribution in [0.1, 0.15) is 193 Å².